The van der Waals surface area contributed by atoms with Crippen molar-refractivity contribution in [2.75, 3.05) is 33.3 Å². The Labute approximate surface area is 122 Å². The number of ether oxygens (including phenoxy) is 1. The zero-order valence-corrected chi connectivity index (χ0v) is 12.8. The highest BCUT2D eigenvalue weighted by atomic mass is 16.5. The van der Waals surface area contributed by atoms with Crippen LogP contribution in [-0.4, -0.2) is 44.1 Å². The van der Waals surface area contributed by atoms with Gasteiger partial charge >= 0.3 is 0 Å². The van der Waals surface area contributed by atoms with Gasteiger partial charge in [-0.25, -0.2) is 0 Å². The summed E-state index contributed by atoms with van der Waals surface area (Å²) in [5, 5.41) is 2.92. The summed E-state index contributed by atoms with van der Waals surface area (Å²) in [7, 11) is 2.04. The fraction of sp³-hybridized carbons (Fsp3) is 0.562. The molecule has 1 aromatic carbocycles. The third-order valence-corrected chi connectivity index (χ3v) is 3.25. The van der Waals surface area contributed by atoms with Gasteiger partial charge in [0.15, 0.2) is 0 Å². The fourth-order valence-corrected chi connectivity index (χ4v) is 1.77. The first-order chi connectivity index (χ1) is 9.63. The number of aryl methyl sites for hydroxylation is 1. The Morgan fingerprint density at radius 3 is 2.80 bits per heavy atom. The molecule has 0 fully saturated rings. The van der Waals surface area contributed by atoms with Crippen LogP contribution in [0.5, 0.6) is 5.75 Å². The Balaban J connectivity index is 2.09. The maximum atomic E-state index is 11.6. The van der Waals surface area contributed by atoms with Gasteiger partial charge in [-0.2, -0.15) is 0 Å². The van der Waals surface area contributed by atoms with Crippen LogP contribution >= 0.6 is 0 Å². The summed E-state index contributed by atoms with van der Waals surface area (Å²) < 4.78 is 5.66. The molecule has 0 atom stereocenters. The van der Waals surface area contributed by atoms with Crippen LogP contribution in [0.3, 0.4) is 0 Å². The molecular weight excluding hydrogens is 252 g/mol. The van der Waals surface area contributed by atoms with Gasteiger partial charge in [0.25, 0.3) is 0 Å². The number of hydrogen-bond acceptors (Lipinski definition) is 3. The topological polar surface area (TPSA) is 41.6 Å². The first kappa shape index (κ1) is 16.5. The highest BCUT2D eigenvalue weighted by Gasteiger charge is 2.02. The molecule has 1 N–H and O–H groups in total. The van der Waals surface area contributed by atoms with E-state index in [0.717, 1.165) is 30.8 Å². The summed E-state index contributed by atoms with van der Waals surface area (Å²) >= 11 is 0. The van der Waals surface area contributed by atoms with Crippen LogP contribution in [-0.2, 0) is 4.79 Å². The van der Waals surface area contributed by atoms with Crippen LogP contribution in [0.1, 0.15) is 25.3 Å². The standard InChI is InChI=1S/C16H26N2O2/c1-4-18(3)12-11-17-16(19)10-7-13-20-15-9-6-5-8-14(15)2/h5-6,8-9H,4,7,10-13H2,1-3H3,(H,17,19). The highest BCUT2D eigenvalue weighted by molar-refractivity contribution is 5.75. The molecule has 0 aliphatic heterocycles. The summed E-state index contributed by atoms with van der Waals surface area (Å²) in [5.41, 5.74) is 1.12. The number of amides is 1. The van der Waals surface area contributed by atoms with Crippen molar-refractivity contribution in [1.82, 2.24) is 10.2 Å². The van der Waals surface area contributed by atoms with E-state index in [-0.39, 0.29) is 5.91 Å². The minimum atomic E-state index is 0.0999. The number of hydrogen-bond donors (Lipinski definition) is 1. The van der Waals surface area contributed by atoms with Gasteiger partial charge in [0.2, 0.25) is 5.91 Å². The van der Waals surface area contributed by atoms with Crippen LogP contribution in [0.4, 0.5) is 0 Å². The van der Waals surface area contributed by atoms with Gasteiger partial charge in [-0.3, -0.25) is 4.79 Å². The SMILES string of the molecule is CCN(C)CCNC(=O)CCCOc1ccccc1C. The minimum absolute atomic E-state index is 0.0999. The number of para-hydroxylation sites is 1. The molecular formula is C16H26N2O2. The second-order valence-corrected chi connectivity index (χ2v) is 4.96. The molecule has 0 aliphatic rings. The lowest BCUT2D eigenvalue weighted by Gasteiger charge is -2.14. The third-order valence-electron chi connectivity index (χ3n) is 3.25. The van der Waals surface area contributed by atoms with Crippen molar-refractivity contribution in [3.8, 4) is 5.75 Å². The normalized spacial score (nSPS) is 10.6. The summed E-state index contributed by atoms with van der Waals surface area (Å²) in [6.07, 6.45) is 1.26. The average Bonchev–Trinajstić information content (AvgIpc) is 2.45. The summed E-state index contributed by atoms with van der Waals surface area (Å²) in [5.74, 6) is 1.00. The van der Waals surface area contributed by atoms with Crippen LogP contribution in [0.25, 0.3) is 0 Å². The number of benzene rings is 1. The van der Waals surface area contributed by atoms with E-state index in [4.69, 9.17) is 4.74 Å². The van der Waals surface area contributed by atoms with Gasteiger partial charge in [0, 0.05) is 19.5 Å². The number of likely N-dealkylation sites (N-methyl/N-ethyl adjacent to an activating group) is 1. The maximum absolute atomic E-state index is 11.6. The van der Waals surface area contributed by atoms with Gasteiger partial charge in [0.05, 0.1) is 6.61 Å². The lowest BCUT2D eigenvalue weighted by molar-refractivity contribution is -0.121. The molecule has 4 heteroatoms. The van der Waals surface area contributed by atoms with Gasteiger partial charge in [-0.15, -0.1) is 0 Å². The molecule has 20 heavy (non-hydrogen) atoms. The molecule has 0 unspecified atom stereocenters. The predicted octanol–water partition coefficient (Wildman–Crippen LogP) is 2.22. The zero-order valence-electron chi connectivity index (χ0n) is 12.8. The van der Waals surface area contributed by atoms with Crippen molar-refractivity contribution in [3.63, 3.8) is 0 Å². The third kappa shape index (κ3) is 6.57. The van der Waals surface area contributed by atoms with Crippen LogP contribution in [0.2, 0.25) is 0 Å². The van der Waals surface area contributed by atoms with E-state index in [0.29, 0.717) is 19.6 Å². The molecule has 0 aromatic heterocycles. The molecule has 1 aromatic rings. The maximum Gasteiger partial charge on any atom is 0.220 e. The zero-order chi connectivity index (χ0) is 14.8. The Morgan fingerprint density at radius 1 is 1.35 bits per heavy atom. The van der Waals surface area contributed by atoms with Crippen molar-refractivity contribution in [3.05, 3.63) is 29.8 Å². The van der Waals surface area contributed by atoms with Gasteiger partial charge in [-0.1, -0.05) is 25.1 Å². The van der Waals surface area contributed by atoms with E-state index >= 15 is 0 Å². The lowest BCUT2D eigenvalue weighted by atomic mass is 10.2. The molecule has 1 amide bonds. The Kier molecular flexibility index (Phi) is 7.73. The molecule has 0 bridgehead atoms. The molecule has 0 aliphatic carbocycles. The first-order valence-electron chi connectivity index (χ1n) is 7.27. The largest absolute Gasteiger partial charge is 0.493 e. The Bertz CT molecular complexity index is 407. The molecule has 4 nitrogen and oxygen atoms in total. The quantitative estimate of drug-likeness (QED) is 0.704. The van der Waals surface area contributed by atoms with Gasteiger partial charge in [-0.05, 0) is 38.6 Å². The van der Waals surface area contributed by atoms with E-state index in [1.54, 1.807) is 0 Å². The molecule has 1 rings (SSSR count). The van der Waals surface area contributed by atoms with Crippen molar-refractivity contribution < 1.29 is 9.53 Å². The average molecular weight is 278 g/mol. The van der Waals surface area contributed by atoms with Gasteiger partial charge in [0.1, 0.15) is 5.75 Å². The second kappa shape index (κ2) is 9.37. The second-order valence-electron chi connectivity index (χ2n) is 4.96. The molecule has 0 radical (unpaired) electrons. The van der Waals surface area contributed by atoms with Crippen molar-refractivity contribution in [2.24, 2.45) is 0 Å². The molecule has 112 valence electrons. The number of nitrogens with one attached hydrogen (secondary N) is 1. The fourth-order valence-electron chi connectivity index (χ4n) is 1.77. The monoisotopic (exact) mass is 278 g/mol. The number of carbonyl (C=O) groups is 1. The smallest absolute Gasteiger partial charge is 0.220 e. The Hall–Kier alpha value is -1.55. The number of carbonyl (C=O) groups excluding carboxylic acids is 1. The number of rotatable bonds is 9. The van der Waals surface area contributed by atoms with E-state index in [9.17, 15) is 4.79 Å². The van der Waals surface area contributed by atoms with E-state index in [2.05, 4.69) is 17.1 Å². The number of nitrogens with zero attached hydrogens (tertiary/aromatic N) is 1. The van der Waals surface area contributed by atoms with Crippen molar-refractivity contribution >= 4 is 5.91 Å². The minimum Gasteiger partial charge on any atom is -0.493 e. The summed E-state index contributed by atoms with van der Waals surface area (Å²) in [4.78, 5) is 13.8. The predicted molar refractivity (Wildman–Crippen MR) is 82.1 cm³/mol. The van der Waals surface area contributed by atoms with E-state index in [1.165, 1.54) is 0 Å². The first-order valence-corrected chi connectivity index (χ1v) is 7.27. The lowest BCUT2D eigenvalue weighted by Crippen LogP contribution is -2.32. The van der Waals surface area contributed by atoms with E-state index in [1.807, 2.05) is 38.2 Å². The van der Waals surface area contributed by atoms with Gasteiger partial charge < -0.3 is 15.0 Å². The molecule has 0 saturated heterocycles. The summed E-state index contributed by atoms with van der Waals surface area (Å²) in [6, 6.07) is 7.92. The van der Waals surface area contributed by atoms with Crippen LogP contribution < -0.4 is 10.1 Å². The molecule has 0 saturated carbocycles. The van der Waals surface area contributed by atoms with Crippen molar-refractivity contribution in [1.29, 1.82) is 0 Å². The highest BCUT2D eigenvalue weighted by Crippen LogP contribution is 2.16. The van der Waals surface area contributed by atoms with Crippen LogP contribution in [0, 0.1) is 6.92 Å². The Morgan fingerprint density at radius 2 is 2.10 bits per heavy atom. The van der Waals surface area contributed by atoms with Crippen molar-refractivity contribution in [2.45, 2.75) is 26.7 Å². The molecule has 0 heterocycles. The van der Waals surface area contributed by atoms with E-state index < -0.39 is 0 Å². The molecule has 0 spiro atoms. The summed E-state index contributed by atoms with van der Waals surface area (Å²) in [6.45, 7) is 7.30. The van der Waals surface area contributed by atoms with Crippen LogP contribution in [0.15, 0.2) is 24.3 Å².